The highest BCUT2D eigenvalue weighted by Gasteiger charge is 2.13. The summed E-state index contributed by atoms with van der Waals surface area (Å²) < 4.78 is 14.4. The number of benzene rings is 3. The number of rotatable bonds is 7. The van der Waals surface area contributed by atoms with Crippen LogP contribution in [0.3, 0.4) is 0 Å². The van der Waals surface area contributed by atoms with E-state index in [4.69, 9.17) is 21.1 Å². The largest absolute Gasteiger partial charge is 0.457 e. The molecular weight excluding hydrogens is 444 g/mol. The molecule has 0 saturated carbocycles. The zero-order valence-electron chi connectivity index (χ0n) is 17.9. The average Bonchev–Trinajstić information content (AvgIpc) is 3.15. The van der Waals surface area contributed by atoms with Crippen molar-refractivity contribution in [1.29, 1.82) is 0 Å². The zero-order valence-corrected chi connectivity index (χ0v) is 19.4. The van der Waals surface area contributed by atoms with Crippen molar-refractivity contribution < 1.29 is 14.3 Å². The van der Waals surface area contributed by atoms with Gasteiger partial charge in [-0.25, -0.2) is 0 Å². The van der Waals surface area contributed by atoms with Gasteiger partial charge in [0.2, 0.25) is 0 Å². The molecule has 4 aromatic rings. The predicted octanol–water partition coefficient (Wildman–Crippen LogP) is 6.23. The van der Waals surface area contributed by atoms with Gasteiger partial charge in [-0.05, 0) is 67.9 Å². The molecule has 0 saturated heterocycles. The molecule has 0 aliphatic heterocycles. The summed E-state index contributed by atoms with van der Waals surface area (Å²) in [5, 5.41) is 0.687. The maximum Gasteiger partial charge on any atom is 0.279 e. The Bertz CT molecular complexity index is 1290. The van der Waals surface area contributed by atoms with Gasteiger partial charge >= 0.3 is 0 Å². The fourth-order valence-corrected chi connectivity index (χ4v) is 4.62. The number of carbonyl (C=O) groups is 1. The topological polar surface area (TPSA) is 52.8 Å². The first-order valence-electron chi connectivity index (χ1n) is 10.3. The third-order valence-electron chi connectivity index (χ3n) is 4.97. The molecule has 0 aliphatic carbocycles. The van der Waals surface area contributed by atoms with E-state index in [0.717, 1.165) is 21.5 Å². The highest BCUT2D eigenvalue weighted by Crippen LogP contribution is 2.27. The summed E-state index contributed by atoms with van der Waals surface area (Å²) in [5.41, 5.74) is 2.45. The van der Waals surface area contributed by atoms with Crippen LogP contribution in [0, 0.1) is 6.92 Å². The number of carbonyl (C=O) groups excluding carboxylic acids is 1. The first kappa shape index (κ1) is 22.3. The molecule has 1 heterocycles. The molecule has 1 aromatic heterocycles. The van der Waals surface area contributed by atoms with Crippen molar-refractivity contribution in [3.63, 3.8) is 0 Å². The molecular formula is C25H23ClN2O3S. The van der Waals surface area contributed by atoms with E-state index in [-0.39, 0.29) is 5.91 Å². The SMILES string of the molecule is CCOCCn1c(=NC(=O)c2ccc(Oc3ccccc3)cc2)sc2ccc(Cl)c(C)c21. The first-order chi connectivity index (χ1) is 15.6. The lowest BCUT2D eigenvalue weighted by Gasteiger charge is -2.08. The van der Waals surface area contributed by atoms with Gasteiger partial charge in [0.1, 0.15) is 11.5 Å². The monoisotopic (exact) mass is 466 g/mol. The molecule has 1 amide bonds. The smallest absolute Gasteiger partial charge is 0.279 e. The van der Waals surface area contributed by atoms with Gasteiger partial charge in [0.05, 0.1) is 16.8 Å². The molecule has 5 nitrogen and oxygen atoms in total. The number of amides is 1. The van der Waals surface area contributed by atoms with Gasteiger partial charge in [0, 0.05) is 23.7 Å². The van der Waals surface area contributed by atoms with Crippen molar-refractivity contribution in [3.8, 4) is 11.5 Å². The van der Waals surface area contributed by atoms with Gasteiger partial charge < -0.3 is 14.0 Å². The van der Waals surface area contributed by atoms with Gasteiger partial charge in [-0.2, -0.15) is 4.99 Å². The fourth-order valence-electron chi connectivity index (χ4n) is 3.35. The van der Waals surface area contributed by atoms with Crippen molar-refractivity contribution in [2.45, 2.75) is 20.4 Å². The van der Waals surface area contributed by atoms with Crippen LogP contribution in [0.15, 0.2) is 71.7 Å². The molecule has 0 spiro atoms. The van der Waals surface area contributed by atoms with Gasteiger partial charge in [0.25, 0.3) is 5.91 Å². The van der Waals surface area contributed by atoms with Crippen molar-refractivity contribution in [1.82, 2.24) is 4.57 Å². The molecule has 0 atom stereocenters. The Labute approximate surface area is 195 Å². The lowest BCUT2D eigenvalue weighted by atomic mass is 10.2. The molecule has 7 heteroatoms. The Morgan fingerprint density at radius 1 is 1.03 bits per heavy atom. The Morgan fingerprint density at radius 3 is 2.47 bits per heavy atom. The minimum absolute atomic E-state index is 0.309. The van der Waals surface area contributed by atoms with E-state index in [2.05, 4.69) is 4.99 Å². The molecule has 0 N–H and O–H groups in total. The van der Waals surface area contributed by atoms with E-state index in [1.54, 1.807) is 24.3 Å². The summed E-state index contributed by atoms with van der Waals surface area (Å²) in [6.45, 7) is 5.68. The van der Waals surface area contributed by atoms with Gasteiger partial charge in [-0.15, -0.1) is 0 Å². The summed E-state index contributed by atoms with van der Waals surface area (Å²) in [7, 11) is 0. The fraction of sp³-hybridized carbons (Fsp3) is 0.200. The molecule has 0 aliphatic rings. The molecule has 4 rings (SSSR count). The standard InChI is InChI=1S/C25H23ClN2O3S/c1-3-30-16-15-28-23-17(2)21(26)13-14-22(23)32-25(28)27-24(29)18-9-11-20(12-10-18)31-19-7-5-4-6-8-19/h4-14H,3,15-16H2,1-2H3. The number of hydrogen-bond donors (Lipinski definition) is 0. The molecule has 164 valence electrons. The minimum atomic E-state index is -0.309. The lowest BCUT2D eigenvalue weighted by molar-refractivity contribution is 0.0996. The van der Waals surface area contributed by atoms with Crippen LogP contribution in [0.1, 0.15) is 22.8 Å². The van der Waals surface area contributed by atoms with Crippen LogP contribution < -0.4 is 9.54 Å². The summed E-state index contributed by atoms with van der Waals surface area (Å²) in [6.07, 6.45) is 0. The summed E-state index contributed by atoms with van der Waals surface area (Å²) in [5.74, 6) is 1.09. The number of para-hydroxylation sites is 1. The maximum atomic E-state index is 12.9. The van der Waals surface area contributed by atoms with Crippen LogP contribution >= 0.6 is 22.9 Å². The number of thiazole rings is 1. The van der Waals surface area contributed by atoms with E-state index in [1.165, 1.54) is 11.3 Å². The third kappa shape index (κ3) is 4.93. The maximum absolute atomic E-state index is 12.9. The van der Waals surface area contributed by atoms with Crippen molar-refractivity contribution in [3.05, 3.63) is 87.7 Å². The van der Waals surface area contributed by atoms with Crippen LogP contribution in [0.5, 0.6) is 11.5 Å². The number of nitrogens with zero attached hydrogens (tertiary/aromatic N) is 2. The summed E-state index contributed by atoms with van der Waals surface area (Å²) >= 11 is 7.82. The average molecular weight is 467 g/mol. The molecule has 3 aromatic carbocycles. The number of aromatic nitrogens is 1. The zero-order chi connectivity index (χ0) is 22.5. The Balaban J connectivity index is 1.65. The van der Waals surface area contributed by atoms with Crippen molar-refractivity contribution in [2.75, 3.05) is 13.2 Å². The van der Waals surface area contributed by atoms with Crippen LogP contribution in [0.4, 0.5) is 0 Å². The summed E-state index contributed by atoms with van der Waals surface area (Å²) in [6, 6.07) is 20.3. The first-order valence-corrected chi connectivity index (χ1v) is 11.5. The van der Waals surface area contributed by atoms with Crippen molar-refractivity contribution in [2.24, 2.45) is 4.99 Å². The van der Waals surface area contributed by atoms with E-state index in [0.29, 0.717) is 40.9 Å². The molecule has 0 unspecified atom stereocenters. The second-order valence-corrected chi connectivity index (χ2v) is 8.53. The van der Waals surface area contributed by atoms with Gasteiger partial charge in [-0.3, -0.25) is 4.79 Å². The molecule has 0 radical (unpaired) electrons. The predicted molar refractivity (Wildman–Crippen MR) is 129 cm³/mol. The Morgan fingerprint density at radius 2 is 1.75 bits per heavy atom. The normalized spacial score (nSPS) is 11.8. The van der Waals surface area contributed by atoms with E-state index >= 15 is 0 Å². The van der Waals surface area contributed by atoms with Crippen LogP contribution in [0.25, 0.3) is 10.2 Å². The van der Waals surface area contributed by atoms with Crippen LogP contribution in [0.2, 0.25) is 5.02 Å². The third-order valence-corrected chi connectivity index (χ3v) is 6.42. The minimum Gasteiger partial charge on any atom is -0.457 e. The number of fused-ring (bicyclic) bond motifs is 1. The molecule has 32 heavy (non-hydrogen) atoms. The second kappa shape index (κ2) is 10.1. The number of halogens is 1. The lowest BCUT2D eigenvalue weighted by Crippen LogP contribution is -2.20. The quantitative estimate of drug-likeness (QED) is 0.303. The van der Waals surface area contributed by atoms with Gasteiger partial charge in [-0.1, -0.05) is 41.1 Å². The summed E-state index contributed by atoms with van der Waals surface area (Å²) in [4.78, 5) is 18.0. The van der Waals surface area contributed by atoms with Crippen LogP contribution in [-0.2, 0) is 11.3 Å². The number of ether oxygens (including phenoxy) is 2. The second-order valence-electron chi connectivity index (χ2n) is 7.11. The van der Waals surface area contributed by atoms with Gasteiger partial charge in [0.15, 0.2) is 4.80 Å². The van der Waals surface area contributed by atoms with E-state index in [1.807, 2.05) is 60.9 Å². The van der Waals surface area contributed by atoms with Crippen molar-refractivity contribution >= 4 is 39.1 Å². The van der Waals surface area contributed by atoms with E-state index in [9.17, 15) is 4.79 Å². The highest BCUT2D eigenvalue weighted by atomic mass is 35.5. The van der Waals surface area contributed by atoms with E-state index < -0.39 is 0 Å². The highest BCUT2D eigenvalue weighted by molar-refractivity contribution is 7.16. The molecule has 0 bridgehead atoms. The van der Waals surface area contributed by atoms with Crippen LogP contribution in [-0.4, -0.2) is 23.7 Å². The molecule has 0 fully saturated rings. The number of aryl methyl sites for hydroxylation is 1. The Hall–Kier alpha value is -2.93. The number of hydrogen-bond acceptors (Lipinski definition) is 4. The Kier molecular flexibility index (Phi) is 7.05.